The van der Waals surface area contributed by atoms with Crippen molar-refractivity contribution in [1.29, 1.82) is 0 Å². The third-order valence-corrected chi connectivity index (χ3v) is 2.97. The molecule has 1 amide bonds. The highest BCUT2D eigenvalue weighted by atomic mass is 35.5. The van der Waals surface area contributed by atoms with Crippen LogP contribution in [0.25, 0.3) is 0 Å². The first-order chi connectivity index (χ1) is 9.52. The largest absolute Gasteiger partial charge is 0.387 e. The number of rotatable bonds is 8. The summed E-state index contributed by atoms with van der Waals surface area (Å²) in [6.45, 7) is 1.40. The van der Waals surface area contributed by atoms with E-state index in [2.05, 4.69) is 10.6 Å². The Morgan fingerprint density at radius 3 is 2.60 bits per heavy atom. The number of ether oxygens (including phenoxy) is 1. The van der Waals surface area contributed by atoms with Gasteiger partial charge in [-0.15, -0.1) is 0 Å². The predicted molar refractivity (Wildman–Crippen MR) is 79.2 cm³/mol. The lowest BCUT2D eigenvalue weighted by molar-refractivity contribution is -0.120. The van der Waals surface area contributed by atoms with Crippen molar-refractivity contribution < 1.29 is 14.6 Å². The molecule has 0 aliphatic heterocycles. The van der Waals surface area contributed by atoms with Crippen molar-refractivity contribution in [2.45, 2.75) is 6.10 Å². The molecule has 0 aromatic heterocycles. The van der Waals surface area contributed by atoms with Crippen molar-refractivity contribution >= 4 is 29.1 Å². The molecule has 1 aromatic rings. The molecule has 1 aromatic carbocycles. The topological polar surface area (TPSA) is 70.6 Å². The lowest BCUT2D eigenvalue weighted by Crippen LogP contribution is -2.37. The first kappa shape index (κ1) is 17.2. The maximum absolute atomic E-state index is 11.5. The summed E-state index contributed by atoms with van der Waals surface area (Å²) in [7, 11) is 1.59. The van der Waals surface area contributed by atoms with Gasteiger partial charge in [0.25, 0.3) is 0 Å². The SMILES string of the molecule is COCCNCC(=O)NCC(O)c1cc(Cl)cc(Cl)c1. The van der Waals surface area contributed by atoms with Crippen LogP contribution >= 0.6 is 23.2 Å². The average molecular weight is 321 g/mol. The standard InChI is InChI=1S/C13H18Cl2N2O3/c1-20-3-2-16-8-13(19)17-7-12(18)9-4-10(14)6-11(15)5-9/h4-6,12,16,18H,2-3,7-8H2,1H3,(H,17,19). The van der Waals surface area contributed by atoms with E-state index in [4.69, 9.17) is 27.9 Å². The third-order valence-electron chi connectivity index (χ3n) is 2.53. The minimum atomic E-state index is -0.853. The summed E-state index contributed by atoms with van der Waals surface area (Å²) in [5.41, 5.74) is 0.565. The number of nitrogens with one attached hydrogen (secondary N) is 2. The molecule has 7 heteroatoms. The molecule has 112 valence electrons. The smallest absolute Gasteiger partial charge is 0.234 e. The number of hydrogen-bond donors (Lipinski definition) is 3. The fourth-order valence-corrected chi connectivity index (χ4v) is 2.08. The van der Waals surface area contributed by atoms with Crippen molar-refractivity contribution in [3.63, 3.8) is 0 Å². The molecule has 1 unspecified atom stereocenters. The zero-order valence-electron chi connectivity index (χ0n) is 11.2. The summed E-state index contributed by atoms with van der Waals surface area (Å²) in [6, 6.07) is 4.81. The van der Waals surface area contributed by atoms with Gasteiger partial charge in [0.05, 0.1) is 19.3 Å². The van der Waals surface area contributed by atoms with Gasteiger partial charge in [-0.25, -0.2) is 0 Å². The number of amides is 1. The van der Waals surface area contributed by atoms with Crippen molar-refractivity contribution in [3.8, 4) is 0 Å². The Bertz CT molecular complexity index is 423. The molecule has 1 atom stereocenters. The van der Waals surface area contributed by atoms with Gasteiger partial charge in [-0.05, 0) is 23.8 Å². The summed E-state index contributed by atoms with van der Waals surface area (Å²) in [5, 5.41) is 16.4. The van der Waals surface area contributed by atoms with Gasteiger partial charge >= 0.3 is 0 Å². The highest BCUT2D eigenvalue weighted by Crippen LogP contribution is 2.23. The van der Waals surface area contributed by atoms with Crippen LogP contribution in [0.5, 0.6) is 0 Å². The van der Waals surface area contributed by atoms with E-state index in [1.165, 1.54) is 0 Å². The maximum atomic E-state index is 11.5. The summed E-state index contributed by atoms with van der Waals surface area (Å²) >= 11 is 11.7. The van der Waals surface area contributed by atoms with Gasteiger partial charge in [0.1, 0.15) is 0 Å². The average Bonchev–Trinajstić information content (AvgIpc) is 2.40. The monoisotopic (exact) mass is 320 g/mol. The number of carbonyl (C=O) groups is 1. The van der Waals surface area contributed by atoms with Crippen LogP contribution in [0.2, 0.25) is 10.0 Å². The van der Waals surface area contributed by atoms with Gasteiger partial charge in [0, 0.05) is 30.2 Å². The fourth-order valence-electron chi connectivity index (χ4n) is 1.53. The number of methoxy groups -OCH3 is 1. The number of aliphatic hydroxyl groups excluding tert-OH is 1. The van der Waals surface area contributed by atoms with Gasteiger partial charge in [0.2, 0.25) is 5.91 Å². The highest BCUT2D eigenvalue weighted by molar-refractivity contribution is 6.34. The summed E-state index contributed by atoms with van der Waals surface area (Å²) < 4.78 is 4.84. The van der Waals surface area contributed by atoms with Gasteiger partial charge < -0.3 is 20.5 Å². The minimum absolute atomic E-state index is 0.0987. The van der Waals surface area contributed by atoms with Gasteiger partial charge in [-0.2, -0.15) is 0 Å². The molecule has 0 bridgehead atoms. The number of halogens is 2. The summed E-state index contributed by atoms with van der Waals surface area (Å²) in [4.78, 5) is 11.5. The van der Waals surface area contributed by atoms with Crippen LogP contribution in [0.15, 0.2) is 18.2 Å². The molecule has 0 saturated heterocycles. The first-order valence-electron chi connectivity index (χ1n) is 6.13. The number of carbonyl (C=O) groups excluding carboxylic acids is 1. The lowest BCUT2D eigenvalue weighted by atomic mass is 10.1. The van der Waals surface area contributed by atoms with Crippen molar-refractivity contribution in [1.82, 2.24) is 10.6 Å². The van der Waals surface area contributed by atoms with Crippen LogP contribution in [0.4, 0.5) is 0 Å². The molecule has 5 nitrogen and oxygen atoms in total. The van der Waals surface area contributed by atoms with E-state index in [9.17, 15) is 9.90 Å². The van der Waals surface area contributed by atoms with Crippen LogP contribution in [-0.4, -0.2) is 44.4 Å². The Hall–Kier alpha value is -0.850. The number of hydrogen-bond acceptors (Lipinski definition) is 4. The van der Waals surface area contributed by atoms with Crippen LogP contribution < -0.4 is 10.6 Å². The molecule has 0 fully saturated rings. The van der Waals surface area contributed by atoms with Crippen LogP contribution in [-0.2, 0) is 9.53 Å². The molecule has 0 saturated carbocycles. The normalized spacial score (nSPS) is 12.2. The van der Waals surface area contributed by atoms with E-state index in [1.807, 2.05) is 0 Å². The molecule has 1 rings (SSSR count). The predicted octanol–water partition coefficient (Wildman–Crippen LogP) is 1.38. The second kappa shape index (κ2) is 9.15. The molecular formula is C13H18Cl2N2O3. The van der Waals surface area contributed by atoms with E-state index >= 15 is 0 Å². The van der Waals surface area contributed by atoms with Crippen molar-refractivity contribution in [2.24, 2.45) is 0 Å². The quantitative estimate of drug-likeness (QED) is 0.633. The van der Waals surface area contributed by atoms with Crippen molar-refractivity contribution in [2.75, 3.05) is 33.4 Å². The molecule has 0 heterocycles. The molecule has 0 aliphatic rings. The van der Waals surface area contributed by atoms with Crippen LogP contribution in [0.1, 0.15) is 11.7 Å². The maximum Gasteiger partial charge on any atom is 0.234 e. The molecular weight excluding hydrogens is 303 g/mol. The molecule has 20 heavy (non-hydrogen) atoms. The number of benzene rings is 1. The Morgan fingerprint density at radius 1 is 1.35 bits per heavy atom. The third kappa shape index (κ3) is 6.54. The number of aliphatic hydroxyl groups is 1. The summed E-state index contributed by atoms with van der Waals surface area (Å²) in [6.07, 6.45) is -0.853. The van der Waals surface area contributed by atoms with Crippen molar-refractivity contribution in [3.05, 3.63) is 33.8 Å². The van der Waals surface area contributed by atoms with Gasteiger partial charge in [0.15, 0.2) is 0 Å². The Labute approximate surface area is 128 Å². The zero-order chi connectivity index (χ0) is 15.0. The van der Waals surface area contributed by atoms with Gasteiger partial charge in [-0.1, -0.05) is 23.2 Å². The van der Waals surface area contributed by atoms with E-state index in [0.29, 0.717) is 28.8 Å². The minimum Gasteiger partial charge on any atom is -0.387 e. The fraction of sp³-hybridized carbons (Fsp3) is 0.462. The first-order valence-corrected chi connectivity index (χ1v) is 6.89. The van der Waals surface area contributed by atoms with E-state index < -0.39 is 6.10 Å². The van der Waals surface area contributed by atoms with Crippen LogP contribution in [0.3, 0.4) is 0 Å². The highest BCUT2D eigenvalue weighted by Gasteiger charge is 2.11. The Morgan fingerprint density at radius 2 is 2.00 bits per heavy atom. The Kier molecular flexibility index (Phi) is 7.87. The zero-order valence-corrected chi connectivity index (χ0v) is 12.7. The Balaban J connectivity index is 2.35. The molecule has 0 spiro atoms. The molecule has 3 N–H and O–H groups in total. The lowest BCUT2D eigenvalue weighted by Gasteiger charge is -2.13. The van der Waals surface area contributed by atoms with E-state index in [-0.39, 0.29) is 19.0 Å². The summed E-state index contributed by atoms with van der Waals surface area (Å²) in [5.74, 6) is -0.201. The van der Waals surface area contributed by atoms with Gasteiger partial charge in [-0.3, -0.25) is 4.79 Å². The molecule has 0 radical (unpaired) electrons. The second-order valence-corrected chi connectivity index (χ2v) is 5.07. The van der Waals surface area contributed by atoms with Crippen LogP contribution in [0, 0.1) is 0 Å². The molecule has 0 aliphatic carbocycles. The van der Waals surface area contributed by atoms with E-state index in [0.717, 1.165) is 0 Å². The second-order valence-electron chi connectivity index (χ2n) is 4.19. The van der Waals surface area contributed by atoms with E-state index in [1.54, 1.807) is 25.3 Å².